The van der Waals surface area contributed by atoms with Gasteiger partial charge < -0.3 is 20.5 Å². The first-order valence-electron chi connectivity index (χ1n) is 13.4. The number of benzene rings is 2. The Morgan fingerprint density at radius 2 is 1.90 bits per heavy atom. The number of nitrogens with one attached hydrogen (secondary N) is 3. The van der Waals surface area contributed by atoms with Crippen LogP contribution in [0.1, 0.15) is 19.4 Å². The Morgan fingerprint density at radius 1 is 1.17 bits per heavy atom. The predicted molar refractivity (Wildman–Crippen MR) is 159 cm³/mol. The van der Waals surface area contributed by atoms with Crippen LogP contribution in [0.3, 0.4) is 0 Å². The zero-order valence-corrected chi connectivity index (χ0v) is 24.5. The lowest BCUT2D eigenvalue weighted by atomic mass is 10.1. The monoisotopic (exact) mass is 579 g/mol. The molecule has 2 atom stereocenters. The molecular weight excluding hydrogens is 545 g/mol. The van der Waals surface area contributed by atoms with E-state index in [1.54, 1.807) is 6.20 Å². The normalized spacial score (nSPS) is 17.5. The van der Waals surface area contributed by atoms with Gasteiger partial charge in [0.1, 0.15) is 4.90 Å². The van der Waals surface area contributed by atoms with Gasteiger partial charge in [-0.25, -0.2) is 22.8 Å². The van der Waals surface area contributed by atoms with Gasteiger partial charge in [-0.3, -0.25) is 9.69 Å². The minimum Gasteiger partial charge on any atom is -0.359 e. The highest BCUT2D eigenvalue weighted by atomic mass is 32.2. The summed E-state index contributed by atoms with van der Waals surface area (Å²) in [7, 11) is -1.65. The van der Waals surface area contributed by atoms with E-state index in [0.29, 0.717) is 11.4 Å². The van der Waals surface area contributed by atoms with Gasteiger partial charge in [0.15, 0.2) is 15.7 Å². The molecule has 1 amide bonds. The van der Waals surface area contributed by atoms with E-state index in [2.05, 4.69) is 49.4 Å². The van der Waals surface area contributed by atoms with Crippen molar-refractivity contribution in [3.63, 3.8) is 0 Å². The smallest absolute Gasteiger partial charge is 0.241 e. The van der Waals surface area contributed by atoms with Crippen molar-refractivity contribution in [2.24, 2.45) is 0 Å². The molecule has 1 fully saturated rings. The van der Waals surface area contributed by atoms with Crippen molar-refractivity contribution in [3.05, 3.63) is 60.2 Å². The molecule has 0 spiro atoms. The van der Waals surface area contributed by atoms with Gasteiger partial charge in [-0.15, -0.1) is 0 Å². The number of aryl methyl sites for hydroxylation is 1. The van der Waals surface area contributed by atoms with Crippen molar-refractivity contribution >= 4 is 44.0 Å². The Morgan fingerprint density at radius 3 is 2.63 bits per heavy atom. The standard InChI is InChI=1S/C29H34FN7O3S/c1-17-14-32-29(34-22-9-7-11-24(25(22)30)41(5,39)40)35-26(17)21-15-31-27-20(21)8-6-10-23(27)33-28(38)19(3)37-13-12-36(4)16-18(37)2/h6-11,14-15,18-19,31H,12-13,16H2,1-5H3,(H,33,38)(H,32,34,35)/t18-,19+/m1/s1. The highest BCUT2D eigenvalue weighted by Gasteiger charge is 2.30. The molecule has 0 radical (unpaired) electrons. The van der Waals surface area contributed by atoms with Crippen molar-refractivity contribution < 1.29 is 17.6 Å². The molecule has 0 bridgehead atoms. The Balaban J connectivity index is 1.42. The number of piperazine rings is 1. The maximum Gasteiger partial charge on any atom is 0.241 e. The van der Waals surface area contributed by atoms with Gasteiger partial charge in [0.2, 0.25) is 11.9 Å². The largest absolute Gasteiger partial charge is 0.359 e. The third-order valence-corrected chi connectivity index (χ3v) is 8.68. The van der Waals surface area contributed by atoms with E-state index in [9.17, 15) is 17.6 Å². The Bertz CT molecular complexity index is 1720. The fraction of sp³-hybridized carbons (Fsp3) is 0.345. The fourth-order valence-corrected chi connectivity index (χ4v) is 6.12. The summed E-state index contributed by atoms with van der Waals surface area (Å²) in [6.45, 7) is 8.61. The first-order valence-corrected chi connectivity index (χ1v) is 15.3. The Kier molecular flexibility index (Phi) is 7.82. The van der Waals surface area contributed by atoms with Crippen LogP contribution in [0.15, 0.2) is 53.7 Å². The number of nitrogens with zero attached hydrogens (tertiary/aromatic N) is 4. The van der Waals surface area contributed by atoms with Crippen molar-refractivity contribution in [1.82, 2.24) is 24.8 Å². The molecule has 10 nitrogen and oxygen atoms in total. The fourth-order valence-electron chi connectivity index (χ4n) is 5.36. The number of hydrogen-bond acceptors (Lipinski definition) is 8. The van der Waals surface area contributed by atoms with Gasteiger partial charge in [0.25, 0.3) is 0 Å². The van der Waals surface area contributed by atoms with Gasteiger partial charge in [0, 0.05) is 55.3 Å². The Hall–Kier alpha value is -3.87. The predicted octanol–water partition coefficient (Wildman–Crippen LogP) is 4.18. The zero-order chi connectivity index (χ0) is 29.5. The van der Waals surface area contributed by atoms with E-state index < -0.39 is 20.5 Å². The number of H-pyrrole nitrogens is 1. The minimum atomic E-state index is -3.75. The molecule has 5 rings (SSSR count). The third kappa shape index (κ3) is 5.81. The lowest BCUT2D eigenvalue weighted by Gasteiger charge is -2.41. The number of anilines is 3. The van der Waals surface area contributed by atoms with E-state index in [0.717, 1.165) is 47.9 Å². The number of carbonyl (C=O) groups excluding carboxylic acids is 1. The molecule has 0 unspecified atom stereocenters. The average molecular weight is 580 g/mol. The van der Waals surface area contributed by atoms with Crippen LogP contribution in [-0.4, -0.2) is 84.1 Å². The molecule has 3 heterocycles. The molecule has 3 N–H and O–H groups in total. The van der Waals surface area contributed by atoms with Gasteiger partial charge in [-0.1, -0.05) is 18.2 Å². The number of aromatic amines is 1. The Labute approximate surface area is 238 Å². The summed E-state index contributed by atoms with van der Waals surface area (Å²) in [6.07, 6.45) is 4.39. The maximum atomic E-state index is 14.9. The van der Waals surface area contributed by atoms with Crippen molar-refractivity contribution in [2.75, 3.05) is 43.6 Å². The second-order valence-corrected chi connectivity index (χ2v) is 12.7. The molecule has 0 saturated carbocycles. The number of likely N-dealkylation sites (N-methyl/N-ethyl adjacent to an activating group) is 1. The molecule has 216 valence electrons. The van der Waals surface area contributed by atoms with Crippen LogP contribution in [0.5, 0.6) is 0 Å². The lowest BCUT2D eigenvalue weighted by Crippen LogP contribution is -2.56. The van der Waals surface area contributed by atoms with Crippen LogP contribution < -0.4 is 10.6 Å². The summed E-state index contributed by atoms with van der Waals surface area (Å²) in [4.78, 5) is 29.5. The lowest BCUT2D eigenvalue weighted by molar-refractivity contribution is -0.122. The molecule has 12 heteroatoms. The van der Waals surface area contributed by atoms with Crippen LogP contribution in [0.25, 0.3) is 22.2 Å². The molecule has 1 aliphatic rings. The van der Waals surface area contributed by atoms with Crippen LogP contribution >= 0.6 is 0 Å². The van der Waals surface area contributed by atoms with Gasteiger partial charge in [-0.2, -0.15) is 0 Å². The SMILES string of the molecule is Cc1cnc(Nc2cccc(S(C)(=O)=O)c2F)nc1-c1c[nH]c2c(NC(=O)[C@H](C)N3CCN(C)C[C@H]3C)cccc12. The molecule has 2 aromatic heterocycles. The average Bonchev–Trinajstić information content (AvgIpc) is 3.35. The first-order chi connectivity index (χ1) is 19.4. The zero-order valence-electron chi connectivity index (χ0n) is 23.7. The number of rotatable bonds is 7. The summed E-state index contributed by atoms with van der Waals surface area (Å²) < 4.78 is 38.8. The summed E-state index contributed by atoms with van der Waals surface area (Å²) in [6, 6.07) is 9.75. The number of para-hydroxylation sites is 1. The van der Waals surface area contributed by atoms with E-state index >= 15 is 0 Å². The van der Waals surface area contributed by atoms with Gasteiger partial charge in [0.05, 0.1) is 28.6 Å². The summed E-state index contributed by atoms with van der Waals surface area (Å²) in [5.41, 5.74) is 3.55. The van der Waals surface area contributed by atoms with Crippen LogP contribution in [-0.2, 0) is 14.6 Å². The summed E-state index contributed by atoms with van der Waals surface area (Å²) >= 11 is 0. The number of hydrogen-bond donors (Lipinski definition) is 3. The second-order valence-electron chi connectivity index (χ2n) is 10.7. The second kappa shape index (κ2) is 11.2. The quantitative estimate of drug-likeness (QED) is 0.298. The van der Waals surface area contributed by atoms with Crippen LogP contribution in [0, 0.1) is 12.7 Å². The number of halogens is 1. The molecule has 0 aliphatic carbocycles. The highest BCUT2D eigenvalue weighted by Crippen LogP contribution is 2.34. The third-order valence-electron chi connectivity index (χ3n) is 7.57. The number of aromatic nitrogens is 3. The number of carbonyl (C=O) groups is 1. The molecule has 1 saturated heterocycles. The molecule has 1 aliphatic heterocycles. The van der Waals surface area contributed by atoms with Crippen molar-refractivity contribution in [2.45, 2.75) is 37.8 Å². The molecular formula is C29H34FN7O3S. The minimum absolute atomic E-state index is 0.0459. The van der Waals surface area contributed by atoms with Gasteiger partial charge in [-0.05, 0) is 51.6 Å². The van der Waals surface area contributed by atoms with Crippen molar-refractivity contribution in [1.29, 1.82) is 0 Å². The highest BCUT2D eigenvalue weighted by molar-refractivity contribution is 7.90. The topological polar surface area (TPSA) is 123 Å². The van der Waals surface area contributed by atoms with Gasteiger partial charge >= 0.3 is 0 Å². The van der Waals surface area contributed by atoms with Crippen LogP contribution in [0.4, 0.5) is 21.7 Å². The summed E-state index contributed by atoms with van der Waals surface area (Å²) in [5.74, 6) is -0.856. The van der Waals surface area contributed by atoms with E-state index in [1.807, 2.05) is 38.2 Å². The van der Waals surface area contributed by atoms with Crippen LogP contribution in [0.2, 0.25) is 0 Å². The number of amides is 1. The first kappa shape index (κ1) is 28.7. The van der Waals surface area contributed by atoms with E-state index in [-0.39, 0.29) is 29.6 Å². The molecule has 4 aromatic rings. The van der Waals surface area contributed by atoms with E-state index in [4.69, 9.17) is 0 Å². The number of sulfone groups is 1. The molecule has 2 aromatic carbocycles. The maximum absolute atomic E-state index is 14.9. The number of fused-ring (bicyclic) bond motifs is 1. The van der Waals surface area contributed by atoms with E-state index in [1.165, 1.54) is 18.2 Å². The van der Waals surface area contributed by atoms with Crippen molar-refractivity contribution in [3.8, 4) is 11.3 Å². The summed E-state index contributed by atoms with van der Waals surface area (Å²) in [5, 5.41) is 6.76. The molecule has 41 heavy (non-hydrogen) atoms.